The average Bonchev–Trinajstić information content (AvgIpc) is 2.57. The second-order valence-corrected chi connectivity index (χ2v) is 5.95. The van der Waals surface area contributed by atoms with Gasteiger partial charge < -0.3 is 14.8 Å². The van der Waals surface area contributed by atoms with E-state index in [0.717, 1.165) is 11.1 Å². The first-order chi connectivity index (χ1) is 11.5. The van der Waals surface area contributed by atoms with Crippen LogP contribution in [0.1, 0.15) is 21.5 Å². The van der Waals surface area contributed by atoms with Gasteiger partial charge in [-0.1, -0.05) is 29.8 Å². The second kappa shape index (κ2) is 6.53. The highest BCUT2D eigenvalue weighted by Crippen LogP contribution is 2.31. The van der Waals surface area contributed by atoms with Gasteiger partial charge in [0.25, 0.3) is 5.91 Å². The lowest BCUT2D eigenvalue weighted by molar-refractivity contribution is -0.125. The Morgan fingerprint density at radius 1 is 1.33 bits per heavy atom. The molecule has 1 heterocycles. The molecule has 0 saturated heterocycles. The smallest absolute Gasteiger partial charge is 0.339 e. The van der Waals surface area contributed by atoms with Crippen LogP contribution in [0.4, 0.5) is 5.69 Å². The van der Waals surface area contributed by atoms with Gasteiger partial charge in [-0.05, 0) is 30.2 Å². The molecule has 0 aliphatic carbocycles. The molecule has 2 aromatic rings. The van der Waals surface area contributed by atoms with Crippen molar-refractivity contribution in [2.45, 2.75) is 19.4 Å². The average molecular weight is 346 g/mol. The van der Waals surface area contributed by atoms with Crippen molar-refractivity contribution in [3.05, 3.63) is 58.1 Å². The van der Waals surface area contributed by atoms with Crippen LogP contribution in [0, 0.1) is 6.92 Å². The van der Waals surface area contributed by atoms with Crippen LogP contribution in [0.15, 0.2) is 36.4 Å². The Kier molecular flexibility index (Phi) is 4.44. The molecule has 0 aromatic heterocycles. The van der Waals surface area contributed by atoms with Crippen LogP contribution in [0.5, 0.6) is 5.75 Å². The molecule has 1 atom stereocenters. The lowest BCUT2D eigenvalue weighted by atomic mass is 9.98. The van der Waals surface area contributed by atoms with Gasteiger partial charge in [-0.2, -0.15) is 0 Å². The summed E-state index contributed by atoms with van der Waals surface area (Å²) in [5.41, 5.74) is 2.59. The van der Waals surface area contributed by atoms with Gasteiger partial charge in [-0.25, -0.2) is 4.79 Å². The number of rotatable bonds is 3. The van der Waals surface area contributed by atoms with Crippen LogP contribution in [0.25, 0.3) is 0 Å². The van der Waals surface area contributed by atoms with Crippen LogP contribution in [-0.4, -0.2) is 25.1 Å². The standard InChI is InChI=1S/C18H16ClNO4/c1-10-7-14(15(23-2)9-13(10)19)20-17(21)16-8-11-5-3-4-6-12(11)18(22)24-16/h3-7,9,16H,8H2,1-2H3,(H,20,21). The van der Waals surface area contributed by atoms with Crippen LogP contribution in [0.2, 0.25) is 5.02 Å². The molecule has 0 bridgehead atoms. The summed E-state index contributed by atoms with van der Waals surface area (Å²) in [4.78, 5) is 24.5. The number of halogens is 1. The van der Waals surface area contributed by atoms with Crippen LogP contribution < -0.4 is 10.1 Å². The first-order valence-electron chi connectivity index (χ1n) is 7.43. The van der Waals surface area contributed by atoms with E-state index in [1.807, 2.05) is 19.1 Å². The molecule has 2 aromatic carbocycles. The molecule has 1 N–H and O–H groups in total. The summed E-state index contributed by atoms with van der Waals surface area (Å²) in [7, 11) is 1.49. The molecule has 24 heavy (non-hydrogen) atoms. The zero-order valence-electron chi connectivity index (χ0n) is 13.3. The zero-order valence-corrected chi connectivity index (χ0v) is 14.0. The largest absolute Gasteiger partial charge is 0.495 e. The Morgan fingerprint density at radius 3 is 2.83 bits per heavy atom. The van der Waals surface area contributed by atoms with E-state index in [0.29, 0.717) is 28.4 Å². The highest BCUT2D eigenvalue weighted by molar-refractivity contribution is 6.31. The zero-order chi connectivity index (χ0) is 17.3. The van der Waals surface area contributed by atoms with E-state index in [1.54, 1.807) is 24.3 Å². The topological polar surface area (TPSA) is 64.6 Å². The maximum atomic E-state index is 12.5. The van der Waals surface area contributed by atoms with Gasteiger partial charge in [0.1, 0.15) is 5.75 Å². The quantitative estimate of drug-likeness (QED) is 0.866. The highest BCUT2D eigenvalue weighted by atomic mass is 35.5. The Hall–Kier alpha value is -2.53. The number of esters is 1. The van der Waals surface area contributed by atoms with Crippen molar-refractivity contribution in [1.29, 1.82) is 0 Å². The van der Waals surface area contributed by atoms with Crippen molar-refractivity contribution in [1.82, 2.24) is 0 Å². The molecule has 0 saturated carbocycles. The van der Waals surface area contributed by atoms with Gasteiger partial charge in [0.15, 0.2) is 6.10 Å². The minimum Gasteiger partial charge on any atom is -0.495 e. The summed E-state index contributed by atoms with van der Waals surface area (Å²) in [5.74, 6) is -0.449. The van der Waals surface area contributed by atoms with E-state index in [9.17, 15) is 9.59 Å². The number of nitrogens with one attached hydrogen (secondary N) is 1. The molecule has 5 nitrogen and oxygen atoms in total. The predicted octanol–water partition coefficient (Wildman–Crippen LogP) is 3.38. The number of hydrogen-bond acceptors (Lipinski definition) is 4. The van der Waals surface area contributed by atoms with Crippen LogP contribution >= 0.6 is 11.6 Å². The van der Waals surface area contributed by atoms with Crippen LogP contribution in [0.3, 0.4) is 0 Å². The van der Waals surface area contributed by atoms with Crippen molar-refractivity contribution < 1.29 is 19.1 Å². The van der Waals surface area contributed by atoms with Gasteiger partial charge in [-0.15, -0.1) is 0 Å². The fraction of sp³-hybridized carbons (Fsp3) is 0.222. The van der Waals surface area contributed by atoms with Gasteiger partial charge >= 0.3 is 5.97 Å². The summed E-state index contributed by atoms with van der Waals surface area (Å²) < 4.78 is 10.5. The normalized spacial score (nSPS) is 16.1. The number of cyclic esters (lactones) is 1. The summed E-state index contributed by atoms with van der Waals surface area (Å²) >= 11 is 6.06. The Bertz CT molecular complexity index is 819. The molecule has 0 fully saturated rings. The monoisotopic (exact) mass is 345 g/mol. The van der Waals surface area contributed by atoms with Crippen molar-refractivity contribution >= 4 is 29.2 Å². The van der Waals surface area contributed by atoms with Crippen molar-refractivity contribution in [2.24, 2.45) is 0 Å². The van der Waals surface area contributed by atoms with Gasteiger partial charge in [0, 0.05) is 17.5 Å². The molecule has 3 rings (SSSR count). The molecule has 0 spiro atoms. The van der Waals surface area contributed by atoms with Crippen LogP contribution in [-0.2, 0) is 16.0 Å². The minimum atomic E-state index is -0.881. The molecule has 1 aliphatic heterocycles. The third kappa shape index (κ3) is 3.08. The summed E-state index contributed by atoms with van der Waals surface area (Å²) in [5, 5.41) is 3.30. The maximum Gasteiger partial charge on any atom is 0.339 e. The van der Waals surface area contributed by atoms with E-state index in [1.165, 1.54) is 7.11 Å². The molecular formula is C18H16ClNO4. The molecule has 6 heteroatoms. The third-order valence-electron chi connectivity index (χ3n) is 3.92. The lowest BCUT2D eigenvalue weighted by Gasteiger charge is -2.24. The van der Waals surface area contributed by atoms with E-state index in [4.69, 9.17) is 21.1 Å². The first-order valence-corrected chi connectivity index (χ1v) is 7.81. The fourth-order valence-electron chi connectivity index (χ4n) is 2.62. The summed E-state index contributed by atoms with van der Waals surface area (Å²) in [6.07, 6.45) is -0.545. The number of fused-ring (bicyclic) bond motifs is 1. The van der Waals surface area contributed by atoms with E-state index < -0.39 is 18.0 Å². The van der Waals surface area contributed by atoms with Crippen molar-refractivity contribution in [3.8, 4) is 5.75 Å². The number of methoxy groups -OCH3 is 1. The molecule has 1 aliphatic rings. The summed E-state index contributed by atoms with van der Waals surface area (Å²) in [6, 6.07) is 10.5. The van der Waals surface area contributed by atoms with Gasteiger partial charge in [0.05, 0.1) is 18.4 Å². The third-order valence-corrected chi connectivity index (χ3v) is 4.33. The lowest BCUT2D eigenvalue weighted by Crippen LogP contribution is -2.38. The van der Waals surface area contributed by atoms with E-state index in [-0.39, 0.29) is 0 Å². The first kappa shape index (κ1) is 16.3. The number of carbonyl (C=O) groups excluding carboxylic acids is 2. The maximum absolute atomic E-state index is 12.5. The van der Waals surface area contributed by atoms with E-state index >= 15 is 0 Å². The Balaban J connectivity index is 1.82. The summed E-state index contributed by atoms with van der Waals surface area (Å²) in [6.45, 7) is 1.83. The molecule has 124 valence electrons. The van der Waals surface area contributed by atoms with Crippen molar-refractivity contribution in [2.75, 3.05) is 12.4 Å². The Morgan fingerprint density at radius 2 is 2.08 bits per heavy atom. The van der Waals surface area contributed by atoms with E-state index in [2.05, 4.69) is 5.32 Å². The number of aryl methyl sites for hydroxylation is 1. The molecular weight excluding hydrogens is 330 g/mol. The number of ether oxygens (including phenoxy) is 2. The van der Waals surface area contributed by atoms with Gasteiger partial charge in [-0.3, -0.25) is 4.79 Å². The number of benzene rings is 2. The SMILES string of the molecule is COc1cc(Cl)c(C)cc1NC(=O)C1Cc2ccccc2C(=O)O1. The number of carbonyl (C=O) groups is 2. The number of anilines is 1. The molecule has 0 radical (unpaired) electrons. The second-order valence-electron chi connectivity index (χ2n) is 5.55. The minimum absolute atomic E-state index is 0.336. The highest BCUT2D eigenvalue weighted by Gasteiger charge is 2.31. The van der Waals surface area contributed by atoms with Crippen molar-refractivity contribution in [3.63, 3.8) is 0 Å². The predicted molar refractivity (Wildman–Crippen MR) is 90.7 cm³/mol. The van der Waals surface area contributed by atoms with Gasteiger partial charge in [0.2, 0.25) is 0 Å². The fourth-order valence-corrected chi connectivity index (χ4v) is 2.77. The number of amides is 1. The number of hydrogen-bond donors (Lipinski definition) is 1. The molecule has 1 unspecified atom stereocenters. The Labute approximate surface area is 144 Å². The molecule has 1 amide bonds.